The molecule has 1 aliphatic heterocycles. The number of rotatable bonds is 3. The molecule has 1 heterocycles. The molecule has 0 amide bonds. The van der Waals surface area contributed by atoms with Gasteiger partial charge in [0.05, 0.1) is 0 Å². The van der Waals surface area contributed by atoms with Gasteiger partial charge in [-0.1, -0.05) is 0 Å². The van der Waals surface area contributed by atoms with Crippen LogP contribution in [0.5, 0.6) is 0 Å². The van der Waals surface area contributed by atoms with Gasteiger partial charge in [-0.2, -0.15) is 4.58 Å². The predicted octanol–water partition coefficient (Wildman–Crippen LogP) is -2.12. The monoisotopic (exact) mass is 299 g/mol. The van der Waals surface area contributed by atoms with Crippen LogP contribution in [-0.4, -0.2) is 42.9 Å². The van der Waals surface area contributed by atoms with Crippen LogP contribution in [0.2, 0.25) is 0 Å². The lowest BCUT2D eigenvalue weighted by atomic mass is 10.1. The molecule has 0 bridgehead atoms. The van der Waals surface area contributed by atoms with E-state index in [1.165, 1.54) is 0 Å². The van der Waals surface area contributed by atoms with Crippen LogP contribution in [0.1, 0.15) is 20.8 Å². The smallest absolute Gasteiger partial charge is 0.363 e. The Hall–Kier alpha value is 0.160. The van der Waals surface area contributed by atoms with Crippen molar-refractivity contribution in [2.75, 3.05) is 26.9 Å². The Morgan fingerprint density at radius 1 is 1.54 bits per heavy atom. The molecule has 0 atom stereocenters. The second-order valence-corrected chi connectivity index (χ2v) is 3.69. The minimum Gasteiger partial charge on any atom is -1.00 e. The molecule has 0 radical (unpaired) electrons. The highest BCUT2D eigenvalue weighted by atomic mass is 127. The molecule has 3 nitrogen and oxygen atoms in total. The molecular formula is C9H18INO2. The van der Waals surface area contributed by atoms with Crippen molar-refractivity contribution in [1.29, 1.82) is 0 Å². The number of halogens is 1. The van der Waals surface area contributed by atoms with Crippen molar-refractivity contribution in [2.24, 2.45) is 0 Å². The van der Waals surface area contributed by atoms with Crippen LogP contribution in [0.4, 0.5) is 0 Å². The van der Waals surface area contributed by atoms with Crippen molar-refractivity contribution in [3.05, 3.63) is 0 Å². The molecule has 1 aliphatic rings. The Balaban J connectivity index is 0.00000144. The zero-order valence-electron chi connectivity index (χ0n) is 8.76. The van der Waals surface area contributed by atoms with Crippen LogP contribution < -0.4 is 24.0 Å². The lowest BCUT2D eigenvalue weighted by Crippen LogP contribution is -3.00. The molecule has 13 heavy (non-hydrogen) atoms. The third-order valence-corrected chi connectivity index (χ3v) is 2.30. The highest BCUT2D eigenvalue weighted by molar-refractivity contribution is 5.73. The van der Waals surface area contributed by atoms with E-state index in [0.29, 0.717) is 6.61 Å². The summed E-state index contributed by atoms with van der Waals surface area (Å²) in [4.78, 5) is 0. The molecule has 0 aromatic rings. The Bertz CT molecular complexity index is 202. The highest BCUT2D eigenvalue weighted by Gasteiger charge is 2.39. The first-order valence-electron chi connectivity index (χ1n) is 4.38. The van der Waals surface area contributed by atoms with Crippen molar-refractivity contribution in [3.8, 4) is 0 Å². The Morgan fingerprint density at radius 3 is 2.54 bits per heavy atom. The first-order chi connectivity index (χ1) is 5.58. The van der Waals surface area contributed by atoms with Gasteiger partial charge in [-0.25, -0.2) is 0 Å². The van der Waals surface area contributed by atoms with Crippen LogP contribution in [0.3, 0.4) is 0 Å². The maximum Gasteiger partial charge on any atom is 0.363 e. The van der Waals surface area contributed by atoms with Gasteiger partial charge in [-0.3, -0.25) is 0 Å². The molecule has 0 spiro atoms. The quantitative estimate of drug-likeness (QED) is 0.439. The number of hydrogen-bond acceptors (Lipinski definition) is 2. The van der Waals surface area contributed by atoms with Crippen molar-refractivity contribution >= 4 is 5.90 Å². The fraction of sp³-hybridized carbons (Fsp3) is 0.889. The molecule has 1 rings (SSSR count). The van der Waals surface area contributed by atoms with Crippen molar-refractivity contribution < 1.29 is 38.0 Å². The van der Waals surface area contributed by atoms with Gasteiger partial charge >= 0.3 is 5.90 Å². The van der Waals surface area contributed by atoms with Crippen molar-refractivity contribution in [1.82, 2.24) is 0 Å². The Kier molecular flexibility index (Phi) is 5.21. The molecule has 0 unspecified atom stereocenters. The van der Waals surface area contributed by atoms with Gasteiger partial charge in [0.25, 0.3) is 0 Å². The molecule has 0 fully saturated rings. The summed E-state index contributed by atoms with van der Waals surface area (Å²) in [6, 6.07) is 0. The van der Waals surface area contributed by atoms with Gasteiger partial charge in [-0.15, -0.1) is 0 Å². The van der Waals surface area contributed by atoms with Crippen LogP contribution >= 0.6 is 0 Å². The largest absolute Gasteiger partial charge is 1.00 e. The van der Waals surface area contributed by atoms with Gasteiger partial charge in [0.2, 0.25) is 0 Å². The van der Waals surface area contributed by atoms with E-state index in [2.05, 4.69) is 18.4 Å². The summed E-state index contributed by atoms with van der Waals surface area (Å²) in [5.74, 6) is 0.946. The standard InChI is InChI=1S/C9H18NO2.HI/c1-5-11-6-8-10(4)9(2,3)7-12-8;/h5-7H2,1-4H3;1H/q+1;/p-1. The minimum atomic E-state index is 0. The highest BCUT2D eigenvalue weighted by Crippen LogP contribution is 2.15. The van der Waals surface area contributed by atoms with Crippen LogP contribution in [0.15, 0.2) is 0 Å². The van der Waals surface area contributed by atoms with Gasteiger partial charge in [-0.05, 0) is 6.92 Å². The lowest BCUT2D eigenvalue weighted by Gasteiger charge is -2.09. The van der Waals surface area contributed by atoms with Crippen molar-refractivity contribution in [3.63, 3.8) is 0 Å². The fourth-order valence-corrected chi connectivity index (χ4v) is 1.12. The second-order valence-electron chi connectivity index (χ2n) is 3.69. The molecule has 0 aromatic carbocycles. The zero-order chi connectivity index (χ0) is 9.19. The SMILES string of the molecule is CCOCC1=[N+](C)C(C)(C)CO1.[I-]. The summed E-state index contributed by atoms with van der Waals surface area (Å²) >= 11 is 0. The Labute approximate surface area is 97.1 Å². The van der Waals surface area contributed by atoms with E-state index in [1.807, 2.05) is 14.0 Å². The normalized spacial score (nSPS) is 19.7. The van der Waals surface area contributed by atoms with Crippen molar-refractivity contribution in [2.45, 2.75) is 26.3 Å². The van der Waals surface area contributed by atoms with E-state index < -0.39 is 0 Å². The fourth-order valence-electron chi connectivity index (χ4n) is 1.12. The summed E-state index contributed by atoms with van der Waals surface area (Å²) < 4.78 is 12.9. The number of hydrogen-bond donors (Lipinski definition) is 0. The lowest BCUT2D eigenvalue weighted by molar-refractivity contribution is -0.564. The third kappa shape index (κ3) is 3.09. The molecule has 0 aromatic heterocycles. The summed E-state index contributed by atoms with van der Waals surface area (Å²) in [5, 5.41) is 0. The third-order valence-electron chi connectivity index (χ3n) is 2.30. The van der Waals surface area contributed by atoms with E-state index in [0.717, 1.165) is 19.1 Å². The minimum absolute atomic E-state index is 0. The molecule has 0 saturated heterocycles. The first kappa shape index (κ1) is 13.2. The summed E-state index contributed by atoms with van der Waals surface area (Å²) in [6.45, 7) is 8.39. The Morgan fingerprint density at radius 2 is 2.15 bits per heavy atom. The van der Waals surface area contributed by atoms with E-state index in [4.69, 9.17) is 9.47 Å². The molecule has 78 valence electrons. The number of nitrogens with zero attached hydrogens (tertiary/aromatic N) is 1. The maximum absolute atomic E-state index is 5.50. The zero-order valence-corrected chi connectivity index (χ0v) is 10.9. The molecule has 4 heteroatoms. The van der Waals surface area contributed by atoms with Gasteiger partial charge in [0.1, 0.15) is 7.05 Å². The topological polar surface area (TPSA) is 21.5 Å². The van der Waals surface area contributed by atoms with Gasteiger partial charge < -0.3 is 33.5 Å². The van der Waals surface area contributed by atoms with E-state index in [1.54, 1.807) is 0 Å². The number of ether oxygens (including phenoxy) is 2. The van der Waals surface area contributed by atoms with Gasteiger partial charge in [0.15, 0.2) is 18.8 Å². The molecule has 0 saturated carbocycles. The van der Waals surface area contributed by atoms with Crippen LogP contribution in [0.25, 0.3) is 0 Å². The molecular weight excluding hydrogens is 281 g/mol. The first-order valence-corrected chi connectivity index (χ1v) is 4.38. The molecule has 0 N–H and O–H groups in total. The average molecular weight is 299 g/mol. The number of likely N-dealkylation sites (N-methyl/N-ethyl adjacent to an activating group) is 1. The van der Waals surface area contributed by atoms with Crippen LogP contribution in [0, 0.1) is 0 Å². The van der Waals surface area contributed by atoms with Gasteiger partial charge in [0, 0.05) is 20.5 Å². The summed E-state index contributed by atoms with van der Waals surface area (Å²) in [6.07, 6.45) is 0. The van der Waals surface area contributed by atoms with E-state index >= 15 is 0 Å². The average Bonchev–Trinajstić information content (AvgIpc) is 2.26. The second kappa shape index (κ2) is 5.14. The molecule has 0 aliphatic carbocycles. The predicted molar refractivity (Wildman–Crippen MR) is 47.7 cm³/mol. The van der Waals surface area contributed by atoms with E-state index in [-0.39, 0.29) is 29.5 Å². The summed E-state index contributed by atoms with van der Waals surface area (Å²) in [5.41, 5.74) is 0.117. The maximum atomic E-state index is 5.50. The summed E-state index contributed by atoms with van der Waals surface area (Å²) in [7, 11) is 2.04. The van der Waals surface area contributed by atoms with Crippen LogP contribution in [-0.2, 0) is 9.47 Å². The van der Waals surface area contributed by atoms with E-state index in [9.17, 15) is 0 Å².